The number of non-ortho nitro benzene ring substituents is 1. The molecule has 0 bridgehead atoms. The summed E-state index contributed by atoms with van der Waals surface area (Å²) in [5.41, 5.74) is 0.146. The first-order valence-electron chi connectivity index (χ1n) is 7.39. The standard InChI is InChI=1S/C17H15ClFNO3/c18-15-8-3-12(11-16(15)19)17(9-1-2-10-17)23-14-6-4-13(5-7-14)20(21)22/h3-8,11H,1-2,9-10H2. The van der Waals surface area contributed by atoms with E-state index in [-0.39, 0.29) is 10.7 Å². The molecule has 0 saturated heterocycles. The van der Waals surface area contributed by atoms with Gasteiger partial charge in [0.05, 0.1) is 9.95 Å². The van der Waals surface area contributed by atoms with Gasteiger partial charge in [0.15, 0.2) is 0 Å². The van der Waals surface area contributed by atoms with E-state index < -0.39 is 16.3 Å². The van der Waals surface area contributed by atoms with Crippen LogP contribution in [-0.4, -0.2) is 4.92 Å². The molecular formula is C17H15ClFNO3. The van der Waals surface area contributed by atoms with E-state index in [2.05, 4.69) is 0 Å². The lowest BCUT2D eigenvalue weighted by atomic mass is 9.91. The first-order chi connectivity index (χ1) is 11.0. The molecule has 1 fully saturated rings. The Bertz CT molecular complexity index is 727. The van der Waals surface area contributed by atoms with E-state index in [4.69, 9.17) is 16.3 Å². The predicted molar refractivity (Wildman–Crippen MR) is 85.3 cm³/mol. The third-order valence-corrected chi connectivity index (χ3v) is 4.52. The summed E-state index contributed by atoms with van der Waals surface area (Å²) in [4.78, 5) is 10.3. The van der Waals surface area contributed by atoms with Crippen LogP contribution in [0.4, 0.5) is 10.1 Å². The van der Waals surface area contributed by atoms with E-state index in [0.29, 0.717) is 5.75 Å². The molecule has 0 aromatic heterocycles. The van der Waals surface area contributed by atoms with E-state index in [1.807, 2.05) is 0 Å². The zero-order chi connectivity index (χ0) is 16.4. The van der Waals surface area contributed by atoms with Gasteiger partial charge in [0, 0.05) is 12.1 Å². The molecule has 1 saturated carbocycles. The van der Waals surface area contributed by atoms with Gasteiger partial charge in [0.25, 0.3) is 5.69 Å². The van der Waals surface area contributed by atoms with Crippen LogP contribution in [0.15, 0.2) is 42.5 Å². The Morgan fingerprint density at radius 2 is 1.78 bits per heavy atom. The maximum Gasteiger partial charge on any atom is 0.269 e. The van der Waals surface area contributed by atoms with Gasteiger partial charge in [-0.25, -0.2) is 4.39 Å². The number of hydrogen-bond acceptors (Lipinski definition) is 3. The third-order valence-electron chi connectivity index (χ3n) is 4.22. The molecule has 0 amide bonds. The molecule has 120 valence electrons. The lowest BCUT2D eigenvalue weighted by molar-refractivity contribution is -0.384. The van der Waals surface area contributed by atoms with Crippen LogP contribution in [0.5, 0.6) is 5.75 Å². The van der Waals surface area contributed by atoms with Crippen molar-refractivity contribution in [3.05, 3.63) is 69.0 Å². The Morgan fingerprint density at radius 3 is 2.35 bits per heavy atom. The molecule has 1 aliphatic rings. The summed E-state index contributed by atoms with van der Waals surface area (Å²) in [5, 5.41) is 10.8. The van der Waals surface area contributed by atoms with Crippen molar-refractivity contribution in [3.8, 4) is 5.75 Å². The fourth-order valence-electron chi connectivity index (χ4n) is 3.04. The van der Waals surface area contributed by atoms with Gasteiger partial charge in [0.1, 0.15) is 17.2 Å². The number of rotatable bonds is 4. The van der Waals surface area contributed by atoms with Gasteiger partial charge < -0.3 is 4.74 Å². The second kappa shape index (κ2) is 6.16. The lowest BCUT2D eigenvalue weighted by Crippen LogP contribution is -2.29. The Balaban J connectivity index is 1.91. The molecule has 0 atom stereocenters. The van der Waals surface area contributed by atoms with E-state index >= 15 is 0 Å². The van der Waals surface area contributed by atoms with Crippen molar-refractivity contribution < 1.29 is 14.1 Å². The summed E-state index contributed by atoms with van der Waals surface area (Å²) in [7, 11) is 0. The first-order valence-corrected chi connectivity index (χ1v) is 7.77. The zero-order valence-electron chi connectivity index (χ0n) is 12.3. The summed E-state index contributed by atoms with van der Waals surface area (Å²) in [6, 6.07) is 10.7. The molecule has 6 heteroatoms. The molecule has 0 spiro atoms. The molecule has 2 aromatic rings. The van der Waals surface area contributed by atoms with Crippen molar-refractivity contribution in [2.45, 2.75) is 31.3 Å². The molecule has 2 aromatic carbocycles. The number of nitrogens with zero attached hydrogens (tertiary/aromatic N) is 1. The van der Waals surface area contributed by atoms with Crippen molar-refractivity contribution in [1.29, 1.82) is 0 Å². The zero-order valence-corrected chi connectivity index (χ0v) is 13.1. The number of hydrogen-bond donors (Lipinski definition) is 0. The van der Waals surface area contributed by atoms with Crippen LogP contribution in [0.1, 0.15) is 31.2 Å². The van der Waals surface area contributed by atoms with Gasteiger partial charge in [-0.05, 0) is 55.5 Å². The molecule has 4 nitrogen and oxygen atoms in total. The van der Waals surface area contributed by atoms with Gasteiger partial charge in [0.2, 0.25) is 0 Å². The minimum atomic E-state index is -0.610. The van der Waals surface area contributed by atoms with Crippen LogP contribution in [0.25, 0.3) is 0 Å². The SMILES string of the molecule is O=[N+]([O-])c1ccc(OC2(c3ccc(Cl)c(F)c3)CCCC2)cc1. The van der Waals surface area contributed by atoms with Gasteiger partial charge in [-0.1, -0.05) is 17.7 Å². The van der Waals surface area contributed by atoms with E-state index in [1.165, 1.54) is 24.3 Å². The van der Waals surface area contributed by atoms with E-state index in [1.54, 1.807) is 18.2 Å². The van der Waals surface area contributed by atoms with Crippen LogP contribution in [0.3, 0.4) is 0 Å². The third kappa shape index (κ3) is 3.15. The predicted octanol–water partition coefficient (Wildman–Crippen LogP) is 5.24. The molecule has 0 heterocycles. The van der Waals surface area contributed by atoms with E-state index in [0.717, 1.165) is 31.2 Å². The van der Waals surface area contributed by atoms with Crippen LogP contribution in [-0.2, 0) is 5.60 Å². The van der Waals surface area contributed by atoms with Gasteiger partial charge in [-0.2, -0.15) is 0 Å². The summed E-state index contributed by atoms with van der Waals surface area (Å²) >= 11 is 5.76. The van der Waals surface area contributed by atoms with Gasteiger partial charge >= 0.3 is 0 Å². The second-order valence-electron chi connectivity index (χ2n) is 5.68. The van der Waals surface area contributed by atoms with Crippen molar-refractivity contribution in [1.82, 2.24) is 0 Å². The van der Waals surface area contributed by atoms with Crippen LogP contribution in [0.2, 0.25) is 5.02 Å². The number of benzene rings is 2. The Kier molecular flexibility index (Phi) is 4.22. The topological polar surface area (TPSA) is 52.4 Å². The highest BCUT2D eigenvalue weighted by Crippen LogP contribution is 2.43. The van der Waals surface area contributed by atoms with Crippen LogP contribution < -0.4 is 4.74 Å². The summed E-state index contributed by atoms with van der Waals surface area (Å²) in [6.45, 7) is 0. The fraction of sp³-hybridized carbons (Fsp3) is 0.294. The van der Waals surface area contributed by atoms with E-state index in [9.17, 15) is 14.5 Å². The largest absolute Gasteiger partial charge is 0.483 e. The Morgan fingerprint density at radius 1 is 1.13 bits per heavy atom. The Labute approximate surface area is 138 Å². The molecule has 0 N–H and O–H groups in total. The van der Waals surface area contributed by atoms with Crippen molar-refractivity contribution in [2.24, 2.45) is 0 Å². The normalized spacial score (nSPS) is 16.3. The monoisotopic (exact) mass is 335 g/mol. The maximum absolute atomic E-state index is 13.8. The lowest BCUT2D eigenvalue weighted by Gasteiger charge is -2.31. The number of halogens is 2. The summed E-state index contributed by atoms with van der Waals surface area (Å²) in [6.07, 6.45) is 3.50. The van der Waals surface area contributed by atoms with Crippen LogP contribution >= 0.6 is 11.6 Å². The molecule has 0 unspecified atom stereocenters. The first kappa shape index (κ1) is 15.7. The number of nitro benzene ring substituents is 1. The fourth-order valence-corrected chi connectivity index (χ4v) is 3.15. The highest BCUT2D eigenvalue weighted by molar-refractivity contribution is 6.30. The highest BCUT2D eigenvalue weighted by atomic mass is 35.5. The van der Waals surface area contributed by atoms with Gasteiger partial charge in [-0.15, -0.1) is 0 Å². The molecule has 23 heavy (non-hydrogen) atoms. The molecule has 3 rings (SSSR count). The number of ether oxygens (including phenoxy) is 1. The molecule has 0 aliphatic heterocycles. The maximum atomic E-state index is 13.8. The second-order valence-corrected chi connectivity index (χ2v) is 6.09. The van der Waals surface area contributed by atoms with Gasteiger partial charge in [-0.3, -0.25) is 10.1 Å². The van der Waals surface area contributed by atoms with Crippen LogP contribution in [0, 0.1) is 15.9 Å². The summed E-state index contributed by atoms with van der Waals surface area (Å²) < 4.78 is 20.0. The van der Waals surface area contributed by atoms with Crippen molar-refractivity contribution >= 4 is 17.3 Å². The molecule has 1 aliphatic carbocycles. The molecule has 0 radical (unpaired) electrons. The Hall–Kier alpha value is -2.14. The quantitative estimate of drug-likeness (QED) is 0.567. The highest BCUT2D eigenvalue weighted by Gasteiger charge is 2.38. The summed E-state index contributed by atoms with van der Waals surface area (Å²) in [5.74, 6) is 0.0654. The van der Waals surface area contributed by atoms with Crippen molar-refractivity contribution in [3.63, 3.8) is 0 Å². The minimum absolute atomic E-state index is 0.00959. The molecular weight excluding hydrogens is 321 g/mol. The van der Waals surface area contributed by atoms with Crippen molar-refractivity contribution in [2.75, 3.05) is 0 Å². The average molecular weight is 336 g/mol. The number of nitro groups is 1. The minimum Gasteiger partial charge on any atom is -0.483 e. The average Bonchev–Trinajstić information content (AvgIpc) is 3.00. The smallest absolute Gasteiger partial charge is 0.269 e.